The van der Waals surface area contributed by atoms with Gasteiger partial charge in [-0.05, 0) is 36.8 Å². The molecule has 1 aliphatic rings. The van der Waals surface area contributed by atoms with Gasteiger partial charge in [0.15, 0.2) is 5.82 Å². The molecule has 1 saturated heterocycles. The predicted molar refractivity (Wildman–Crippen MR) is 147 cm³/mol. The van der Waals surface area contributed by atoms with Crippen LogP contribution < -0.4 is 21.1 Å². The number of aromatic nitrogens is 3. The Morgan fingerprint density at radius 2 is 2.05 bits per heavy atom. The molecular formula is C29H26FN7O3. The number of halogens is 1. The molecule has 2 atom stereocenters. The van der Waals surface area contributed by atoms with E-state index >= 15 is 0 Å². The fourth-order valence-corrected chi connectivity index (χ4v) is 5.07. The molecule has 0 radical (unpaired) electrons. The van der Waals surface area contributed by atoms with Gasteiger partial charge in [0, 0.05) is 47.4 Å². The Morgan fingerprint density at radius 1 is 1.23 bits per heavy atom. The fraction of sp³-hybridized carbons (Fsp3) is 0.207. The molecule has 3 heterocycles. The first-order chi connectivity index (χ1) is 19.4. The number of anilines is 1. The number of hydrogen-bond donors (Lipinski definition) is 3. The van der Waals surface area contributed by atoms with Crippen LogP contribution in [0.1, 0.15) is 22.5 Å². The molecule has 1 aliphatic heterocycles. The molecule has 0 unspecified atom stereocenters. The molecule has 0 bridgehead atoms. The highest BCUT2D eigenvalue weighted by atomic mass is 19.1. The number of rotatable bonds is 7. The zero-order valence-electron chi connectivity index (χ0n) is 21.6. The molecule has 5 rings (SSSR count). The molecular weight excluding hydrogens is 513 g/mol. The van der Waals surface area contributed by atoms with Crippen molar-refractivity contribution in [2.45, 2.75) is 18.5 Å². The van der Waals surface area contributed by atoms with Gasteiger partial charge in [0.2, 0.25) is 0 Å². The molecule has 0 aliphatic carbocycles. The maximum absolute atomic E-state index is 14.8. The van der Waals surface area contributed by atoms with Crippen LogP contribution in [0.25, 0.3) is 33.8 Å². The highest BCUT2D eigenvalue weighted by Gasteiger charge is 2.32. The van der Waals surface area contributed by atoms with Crippen molar-refractivity contribution < 1.29 is 19.0 Å². The number of nitrogens with two attached hydrogens (primary N) is 2. The quantitative estimate of drug-likeness (QED) is 0.320. The van der Waals surface area contributed by atoms with Gasteiger partial charge in [0.25, 0.3) is 5.91 Å². The summed E-state index contributed by atoms with van der Waals surface area (Å²) in [6.45, 7) is 0.294. The lowest BCUT2D eigenvalue weighted by Crippen LogP contribution is -2.33. The zero-order chi connectivity index (χ0) is 28.4. The maximum Gasteiger partial charge on any atom is 0.268 e. The van der Waals surface area contributed by atoms with Gasteiger partial charge in [-0.15, -0.1) is 0 Å². The summed E-state index contributed by atoms with van der Waals surface area (Å²) in [5.74, 6) is -1.31. The van der Waals surface area contributed by atoms with Crippen LogP contribution in [0, 0.1) is 17.1 Å². The van der Waals surface area contributed by atoms with Crippen LogP contribution in [-0.4, -0.2) is 58.3 Å². The molecule has 1 fully saturated rings. The van der Waals surface area contributed by atoms with E-state index < -0.39 is 11.7 Å². The number of aliphatic hydroxyl groups is 1. The first-order valence-electron chi connectivity index (χ1n) is 12.5. The van der Waals surface area contributed by atoms with Gasteiger partial charge in [0.1, 0.15) is 23.3 Å². The van der Waals surface area contributed by atoms with E-state index in [9.17, 15) is 19.6 Å². The third kappa shape index (κ3) is 4.82. The minimum Gasteiger partial charge on any atom is -0.496 e. The Morgan fingerprint density at radius 3 is 2.77 bits per heavy atom. The van der Waals surface area contributed by atoms with E-state index in [1.165, 1.54) is 25.4 Å². The normalized spacial score (nSPS) is 16.5. The van der Waals surface area contributed by atoms with Crippen molar-refractivity contribution in [3.63, 3.8) is 0 Å². The van der Waals surface area contributed by atoms with Crippen LogP contribution in [0.5, 0.6) is 5.75 Å². The molecule has 0 saturated carbocycles. The second kappa shape index (κ2) is 11.1. The molecule has 2 aromatic heterocycles. The monoisotopic (exact) mass is 539 g/mol. The number of primary amides is 1. The number of nitrogens with zero attached hydrogens (tertiary/aromatic N) is 5. The number of aliphatic hydroxyl groups excluding tert-OH is 1. The zero-order valence-corrected chi connectivity index (χ0v) is 21.6. The van der Waals surface area contributed by atoms with E-state index in [1.807, 2.05) is 11.0 Å². The maximum atomic E-state index is 14.8. The van der Waals surface area contributed by atoms with Crippen LogP contribution in [0.2, 0.25) is 0 Å². The number of ether oxygens (including phenoxy) is 1. The van der Waals surface area contributed by atoms with Crippen molar-refractivity contribution in [2.75, 3.05) is 25.2 Å². The number of hydrogen-bond acceptors (Lipinski definition) is 9. The third-order valence-electron chi connectivity index (χ3n) is 6.90. The summed E-state index contributed by atoms with van der Waals surface area (Å²) < 4.78 is 20.1. The number of nitriles is 1. The van der Waals surface area contributed by atoms with Crippen LogP contribution >= 0.6 is 0 Å². The summed E-state index contributed by atoms with van der Waals surface area (Å²) in [6.07, 6.45) is 3.57. The number of pyridine rings is 1. The lowest BCUT2D eigenvalue weighted by Gasteiger charge is -2.28. The van der Waals surface area contributed by atoms with Crippen molar-refractivity contribution >= 4 is 11.6 Å². The van der Waals surface area contributed by atoms with E-state index in [4.69, 9.17) is 16.2 Å². The lowest BCUT2D eigenvalue weighted by atomic mass is 9.97. The number of amides is 1. The van der Waals surface area contributed by atoms with Crippen molar-refractivity contribution in [3.8, 4) is 45.6 Å². The van der Waals surface area contributed by atoms with Gasteiger partial charge >= 0.3 is 0 Å². The van der Waals surface area contributed by atoms with Crippen molar-refractivity contribution in [3.05, 3.63) is 78.0 Å². The average molecular weight is 540 g/mol. The number of benzene rings is 2. The molecule has 1 amide bonds. The third-order valence-corrected chi connectivity index (χ3v) is 6.90. The fourth-order valence-electron chi connectivity index (χ4n) is 5.07. The summed E-state index contributed by atoms with van der Waals surface area (Å²) in [4.78, 5) is 27.8. The summed E-state index contributed by atoms with van der Waals surface area (Å²) in [7, 11) is 1.40. The van der Waals surface area contributed by atoms with Gasteiger partial charge in [-0.2, -0.15) is 5.26 Å². The second-order valence-electron chi connectivity index (χ2n) is 9.37. The Hall–Kier alpha value is -4.92. The van der Waals surface area contributed by atoms with E-state index in [0.29, 0.717) is 46.6 Å². The number of carbonyl (C=O) groups excluding carboxylic acids is 1. The summed E-state index contributed by atoms with van der Waals surface area (Å²) >= 11 is 0. The Balaban J connectivity index is 1.72. The predicted octanol–water partition coefficient (Wildman–Crippen LogP) is 2.89. The standard InChI is InChI=1S/C29H26FN7O3/c1-40-24-6-2-5-22(30)25(24)29-35-13-21(27(36-29)28(33)39)20-8-7-16(26-17(12-31)4-3-9-34-26)10-23(20)37-14-18(32)11-19(37)15-38/h2-10,13,18-19,38H,11,14-15,32H2,1H3,(H2,33,39)/t18-,19-/m0/s1. The molecule has 202 valence electrons. The van der Waals surface area contributed by atoms with E-state index in [2.05, 4.69) is 21.0 Å². The minimum atomic E-state index is -0.836. The SMILES string of the molecule is COc1cccc(F)c1-c1ncc(-c2ccc(-c3ncccc3C#N)cc2N2C[C@@H](N)C[C@H]2CO)c(C(N)=O)n1. The summed E-state index contributed by atoms with van der Waals surface area (Å²) in [5, 5.41) is 19.8. The Bertz CT molecular complexity index is 1640. The van der Waals surface area contributed by atoms with Gasteiger partial charge in [-0.1, -0.05) is 18.2 Å². The summed E-state index contributed by atoms with van der Waals surface area (Å²) in [5.41, 5.74) is 14.9. The smallest absolute Gasteiger partial charge is 0.268 e. The molecule has 5 N–H and O–H groups in total. The van der Waals surface area contributed by atoms with Crippen LogP contribution in [-0.2, 0) is 0 Å². The van der Waals surface area contributed by atoms with Crippen molar-refractivity contribution in [2.24, 2.45) is 11.5 Å². The first-order valence-corrected chi connectivity index (χ1v) is 12.5. The van der Waals surface area contributed by atoms with Crippen molar-refractivity contribution in [1.29, 1.82) is 5.26 Å². The van der Waals surface area contributed by atoms with E-state index in [0.717, 1.165) is 0 Å². The highest BCUT2D eigenvalue weighted by molar-refractivity contribution is 6.00. The highest BCUT2D eigenvalue weighted by Crippen LogP contribution is 2.40. The Kier molecular flexibility index (Phi) is 7.37. The molecule has 40 heavy (non-hydrogen) atoms. The molecule has 0 spiro atoms. The largest absolute Gasteiger partial charge is 0.496 e. The van der Waals surface area contributed by atoms with Gasteiger partial charge in [-0.3, -0.25) is 9.78 Å². The number of methoxy groups -OCH3 is 1. The molecule has 10 nitrogen and oxygen atoms in total. The van der Waals surface area contributed by atoms with Gasteiger partial charge in [0.05, 0.1) is 36.6 Å². The molecule has 2 aromatic carbocycles. The number of carbonyl (C=O) groups is 1. The molecule has 4 aromatic rings. The van der Waals surface area contributed by atoms with E-state index in [-0.39, 0.29) is 41.5 Å². The first kappa shape index (κ1) is 26.7. The second-order valence-corrected chi connectivity index (χ2v) is 9.37. The van der Waals surface area contributed by atoms with Gasteiger partial charge < -0.3 is 26.2 Å². The molecule has 11 heteroatoms. The Labute approximate surface area is 229 Å². The van der Waals surface area contributed by atoms with Crippen LogP contribution in [0.15, 0.2) is 60.9 Å². The van der Waals surface area contributed by atoms with Crippen LogP contribution in [0.3, 0.4) is 0 Å². The van der Waals surface area contributed by atoms with Gasteiger partial charge in [-0.25, -0.2) is 14.4 Å². The minimum absolute atomic E-state index is 0.000308. The topological polar surface area (TPSA) is 164 Å². The average Bonchev–Trinajstić information content (AvgIpc) is 3.36. The van der Waals surface area contributed by atoms with Crippen LogP contribution in [0.4, 0.5) is 10.1 Å². The lowest BCUT2D eigenvalue weighted by molar-refractivity contribution is 0.0996. The summed E-state index contributed by atoms with van der Waals surface area (Å²) in [6, 6.07) is 14.7. The van der Waals surface area contributed by atoms with Crippen molar-refractivity contribution in [1.82, 2.24) is 15.0 Å². The van der Waals surface area contributed by atoms with E-state index in [1.54, 1.807) is 36.5 Å².